The molecular weight excluding hydrogens is 448 g/mol. The zero-order chi connectivity index (χ0) is 23.5. The molecule has 0 unspecified atom stereocenters. The molecule has 1 aliphatic carbocycles. The van der Waals surface area contributed by atoms with Gasteiger partial charge >= 0.3 is 0 Å². The molecule has 34 heavy (non-hydrogen) atoms. The Morgan fingerprint density at radius 2 is 1.79 bits per heavy atom. The van der Waals surface area contributed by atoms with Crippen LogP contribution in [0.4, 0.5) is 0 Å². The summed E-state index contributed by atoms with van der Waals surface area (Å²) in [5.74, 6) is 0.678. The molecule has 0 radical (unpaired) electrons. The molecule has 174 valence electrons. The molecule has 1 saturated carbocycles. The van der Waals surface area contributed by atoms with Crippen LogP contribution in [0.15, 0.2) is 42.0 Å². The number of ketones is 1. The Morgan fingerprint density at radius 3 is 2.53 bits per heavy atom. The molecule has 2 N–H and O–H groups in total. The average molecular weight is 475 g/mol. The summed E-state index contributed by atoms with van der Waals surface area (Å²) in [4.78, 5) is 31.2. The van der Waals surface area contributed by atoms with Crippen molar-refractivity contribution in [2.45, 2.75) is 44.9 Å². The van der Waals surface area contributed by atoms with Gasteiger partial charge in [-0.05, 0) is 41.3 Å². The third-order valence-electron chi connectivity index (χ3n) is 6.68. The van der Waals surface area contributed by atoms with Crippen LogP contribution < -0.4 is 0 Å². The highest BCUT2D eigenvalue weighted by Gasteiger charge is 2.33. The number of amides is 1. The quantitative estimate of drug-likeness (QED) is 0.313. The van der Waals surface area contributed by atoms with Crippen molar-refractivity contribution in [2.24, 2.45) is 5.92 Å². The van der Waals surface area contributed by atoms with Crippen molar-refractivity contribution in [1.82, 2.24) is 30.5 Å². The maximum absolute atomic E-state index is 13.2. The second kappa shape index (κ2) is 9.80. The fourth-order valence-corrected chi connectivity index (χ4v) is 5.07. The van der Waals surface area contributed by atoms with Crippen LogP contribution in [0.5, 0.6) is 0 Å². The SMILES string of the molecule is O=C1CC(=S)N(CCC2CCCCC2)C(=O)/C1=C/c1ccc(-c2ccc(-c3nn[nH]n3)cc2)[nH]1. The lowest BCUT2D eigenvalue weighted by Crippen LogP contribution is -2.45. The number of carbonyl (C=O) groups excluding carboxylic acids is 2. The molecule has 2 aromatic heterocycles. The van der Waals surface area contributed by atoms with E-state index in [1.807, 2.05) is 36.4 Å². The number of nitrogens with zero attached hydrogens (tertiary/aromatic N) is 4. The Bertz CT molecular complexity index is 1220. The fraction of sp³-hybridized carbons (Fsp3) is 0.360. The number of aromatic amines is 2. The number of likely N-dealkylation sites (tertiary alicyclic amines) is 1. The first-order valence-corrected chi connectivity index (χ1v) is 12.1. The molecule has 8 nitrogen and oxygen atoms in total. The normalized spacial score (nSPS) is 18.8. The lowest BCUT2D eigenvalue weighted by Gasteiger charge is -2.30. The van der Waals surface area contributed by atoms with E-state index in [4.69, 9.17) is 12.2 Å². The van der Waals surface area contributed by atoms with E-state index in [1.54, 1.807) is 11.0 Å². The van der Waals surface area contributed by atoms with Gasteiger partial charge in [-0.15, -0.1) is 10.2 Å². The summed E-state index contributed by atoms with van der Waals surface area (Å²) in [7, 11) is 0. The van der Waals surface area contributed by atoms with Crippen LogP contribution in [0.1, 0.15) is 50.6 Å². The molecule has 3 aromatic rings. The van der Waals surface area contributed by atoms with Gasteiger partial charge in [-0.3, -0.25) is 9.59 Å². The second-order valence-corrected chi connectivity index (χ2v) is 9.41. The van der Waals surface area contributed by atoms with E-state index in [9.17, 15) is 9.59 Å². The highest BCUT2D eigenvalue weighted by Crippen LogP contribution is 2.28. The van der Waals surface area contributed by atoms with Gasteiger partial charge in [-0.1, -0.05) is 68.6 Å². The van der Waals surface area contributed by atoms with Crippen molar-refractivity contribution < 1.29 is 9.59 Å². The molecule has 1 amide bonds. The van der Waals surface area contributed by atoms with Gasteiger partial charge in [0.05, 0.1) is 17.0 Å². The maximum Gasteiger partial charge on any atom is 0.262 e. The lowest BCUT2D eigenvalue weighted by atomic mass is 9.86. The summed E-state index contributed by atoms with van der Waals surface area (Å²) in [6.07, 6.45) is 8.98. The lowest BCUT2D eigenvalue weighted by molar-refractivity contribution is -0.128. The molecular formula is C25H26N6O2S. The number of aromatic nitrogens is 5. The summed E-state index contributed by atoms with van der Waals surface area (Å²) < 4.78 is 0. The Kier molecular flexibility index (Phi) is 6.44. The molecule has 1 aromatic carbocycles. The van der Waals surface area contributed by atoms with E-state index in [0.29, 0.717) is 29.0 Å². The highest BCUT2D eigenvalue weighted by atomic mass is 32.1. The van der Waals surface area contributed by atoms with E-state index in [1.165, 1.54) is 32.1 Å². The number of rotatable bonds is 6. The van der Waals surface area contributed by atoms with Crippen LogP contribution in [0.2, 0.25) is 0 Å². The van der Waals surface area contributed by atoms with Crippen LogP contribution >= 0.6 is 12.2 Å². The minimum atomic E-state index is -0.280. The minimum absolute atomic E-state index is 0.114. The Hall–Kier alpha value is -3.46. The Labute approximate surface area is 202 Å². The first kappa shape index (κ1) is 22.3. The molecule has 1 aliphatic heterocycles. The molecule has 9 heteroatoms. The predicted molar refractivity (Wildman–Crippen MR) is 133 cm³/mol. The molecule has 0 spiro atoms. The van der Waals surface area contributed by atoms with Gasteiger partial charge in [0.25, 0.3) is 5.91 Å². The van der Waals surface area contributed by atoms with Gasteiger partial charge < -0.3 is 9.88 Å². The van der Waals surface area contributed by atoms with Crippen LogP contribution in [-0.4, -0.2) is 53.7 Å². The number of carbonyl (C=O) groups is 2. The summed E-state index contributed by atoms with van der Waals surface area (Å²) in [6, 6.07) is 11.5. The minimum Gasteiger partial charge on any atom is -0.355 e. The van der Waals surface area contributed by atoms with Gasteiger partial charge in [-0.25, -0.2) is 0 Å². The number of piperidine rings is 1. The number of Topliss-reactive ketones (excluding diaryl/α,β-unsaturated/α-hetero) is 1. The molecule has 0 bridgehead atoms. The smallest absolute Gasteiger partial charge is 0.262 e. The maximum atomic E-state index is 13.2. The topological polar surface area (TPSA) is 108 Å². The van der Waals surface area contributed by atoms with E-state index in [2.05, 4.69) is 25.6 Å². The second-order valence-electron chi connectivity index (χ2n) is 8.94. The van der Waals surface area contributed by atoms with Gasteiger partial charge in [0, 0.05) is 23.5 Å². The predicted octanol–water partition coefficient (Wildman–Crippen LogP) is 4.34. The van der Waals surface area contributed by atoms with Crippen molar-refractivity contribution in [2.75, 3.05) is 6.54 Å². The monoisotopic (exact) mass is 474 g/mol. The van der Waals surface area contributed by atoms with Crippen LogP contribution in [0.25, 0.3) is 28.7 Å². The summed E-state index contributed by atoms with van der Waals surface area (Å²) in [5.41, 5.74) is 3.60. The van der Waals surface area contributed by atoms with Crippen LogP contribution in [0.3, 0.4) is 0 Å². The fourth-order valence-electron chi connectivity index (χ4n) is 4.76. The van der Waals surface area contributed by atoms with Crippen molar-refractivity contribution in [1.29, 1.82) is 0 Å². The number of nitrogens with one attached hydrogen (secondary N) is 2. The molecule has 1 saturated heterocycles. The zero-order valence-corrected chi connectivity index (χ0v) is 19.6. The van der Waals surface area contributed by atoms with Gasteiger partial charge in [-0.2, -0.15) is 5.21 Å². The first-order chi connectivity index (χ1) is 16.6. The number of thiocarbonyl (C=S) groups is 1. The van der Waals surface area contributed by atoms with E-state index >= 15 is 0 Å². The Balaban J connectivity index is 1.30. The number of hydrogen-bond acceptors (Lipinski definition) is 6. The highest BCUT2D eigenvalue weighted by molar-refractivity contribution is 7.80. The summed E-state index contributed by atoms with van der Waals surface area (Å²) in [6.45, 7) is 0.593. The third kappa shape index (κ3) is 4.75. The van der Waals surface area contributed by atoms with Crippen molar-refractivity contribution in [3.63, 3.8) is 0 Å². The van der Waals surface area contributed by atoms with Crippen LogP contribution in [0, 0.1) is 5.92 Å². The molecule has 0 atom stereocenters. The number of H-pyrrole nitrogens is 2. The van der Waals surface area contributed by atoms with Crippen molar-refractivity contribution >= 4 is 35.0 Å². The van der Waals surface area contributed by atoms with Crippen molar-refractivity contribution in [3.05, 3.63) is 47.7 Å². The molecule has 5 rings (SSSR count). The first-order valence-electron chi connectivity index (χ1n) is 11.7. The number of benzene rings is 1. The summed E-state index contributed by atoms with van der Waals surface area (Å²) in [5, 5.41) is 14.0. The molecule has 2 aliphatic rings. The molecule has 3 heterocycles. The average Bonchev–Trinajstić information content (AvgIpc) is 3.55. The van der Waals surface area contributed by atoms with E-state index in [-0.39, 0.29) is 23.7 Å². The Morgan fingerprint density at radius 1 is 1.03 bits per heavy atom. The third-order valence-corrected chi connectivity index (χ3v) is 7.05. The summed E-state index contributed by atoms with van der Waals surface area (Å²) >= 11 is 5.41. The van der Waals surface area contributed by atoms with Gasteiger partial charge in [0.15, 0.2) is 5.78 Å². The largest absolute Gasteiger partial charge is 0.355 e. The zero-order valence-electron chi connectivity index (χ0n) is 18.8. The van der Waals surface area contributed by atoms with E-state index in [0.717, 1.165) is 23.2 Å². The molecule has 2 fully saturated rings. The van der Waals surface area contributed by atoms with E-state index < -0.39 is 0 Å². The number of tetrazole rings is 1. The van der Waals surface area contributed by atoms with Gasteiger partial charge in [0.2, 0.25) is 5.82 Å². The standard InChI is InChI=1S/C25H26N6O2S/c32-22-15-23(34)31(13-12-16-4-2-1-3-5-16)25(33)20(22)14-19-10-11-21(26-19)17-6-8-18(9-7-17)24-27-29-30-28-24/h6-11,14,16,26H,1-5,12-13,15H2,(H,27,28,29,30)/b20-14+. The van der Waals surface area contributed by atoms with Gasteiger partial charge in [0.1, 0.15) is 0 Å². The number of hydrogen-bond donors (Lipinski definition) is 2. The van der Waals surface area contributed by atoms with Crippen molar-refractivity contribution in [3.8, 4) is 22.6 Å². The van der Waals surface area contributed by atoms with Crippen LogP contribution in [-0.2, 0) is 9.59 Å².